The Balaban J connectivity index is 0.000000449. The number of hydrogen-bond donors (Lipinski definition) is 3. The van der Waals surface area contributed by atoms with Crippen molar-refractivity contribution < 1.29 is 46.1 Å². The molecule has 0 spiro atoms. The van der Waals surface area contributed by atoms with Gasteiger partial charge in [-0.2, -0.15) is 26.3 Å². The van der Waals surface area contributed by atoms with Crippen LogP contribution in [0.1, 0.15) is 12.0 Å². The zero-order chi connectivity index (χ0) is 29.6. The summed E-state index contributed by atoms with van der Waals surface area (Å²) in [6, 6.07) is 23.9. The monoisotopic (exact) mass is 578 g/mol. The fourth-order valence-electron chi connectivity index (χ4n) is 2.85. The molecule has 13 heteroatoms. The maximum atomic E-state index is 10.6. The summed E-state index contributed by atoms with van der Waals surface area (Å²) in [4.78, 5) is 22.6. The van der Waals surface area contributed by atoms with E-state index in [1.54, 1.807) is 0 Å². The first-order chi connectivity index (χ1) is 18.1. The van der Waals surface area contributed by atoms with Gasteiger partial charge in [0, 0.05) is 16.3 Å². The molecule has 0 saturated heterocycles. The molecule has 0 aromatic heterocycles. The average Bonchev–Trinajstić information content (AvgIpc) is 2.84. The lowest BCUT2D eigenvalue weighted by molar-refractivity contribution is -0.193. The number of carbonyl (C=O) groups is 2. The molecule has 0 aliphatic carbocycles. The second-order valence-corrected chi connectivity index (χ2v) is 9.27. The number of nitrogens with one attached hydrogen (secondary N) is 1. The molecule has 3 rings (SSSR count). The number of aliphatic carboxylic acids is 2. The second-order valence-electron chi connectivity index (χ2n) is 8.16. The van der Waals surface area contributed by atoms with Gasteiger partial charge in [-0.3, -0.25) is 0 Å². The fraction of sp³-hybridized carbons (Fsp3) is 0.308. The minimum absolute atomic E-state index is 0.921. The predicted molar refractivity (Wildman–Crippen MR) is 137 cm³/mol. The third-order valence-corrected chi connectivity index (χ3v) is 5.79. The van der Waals surface area contributed by atoms with E-state index < -0.39 is 24.3 Å². The van der Waals surface area contributed by atoms with Crippen LogP contribution in [0, 0.1) is 0 Å². The Morgan fingerprint density at radius 2 is 1.33 bits per heavy atom. The van der Waals surface area contributed by atoms with Crippen molar-refractivity contribution >= 4 is 34.5 Å². The van der Waals surface area contributed by atoms with E-state index in [-0.39, 0.29) is 0 Å². The van der Waals surface area contributed by atoms with Crippen LogP contribution >= 0.6 is 11.8 Å². The second kappa shape index (κ2) is 16.0. The summed E-state index contributed by atoms with van der Waals surface area (Å²) < 4.78 is 63.5. The minimum Gasteiger partial charge on any atom is -0.475 e. The molecule has 0 atom stereocenters. The summed E-state index contributed by atoms with van der Waals surface area (Å²) in [7, 11) is 4.24. The van der Waals surface area contributed by atoms with Crippen molar-refractivity contribution in [3.8, 4) is 0 Å². The molecule has 0 heterocycles. The zero-order valence-corrected chi connectivity index (χ0v) is 21.8. The largest absolute Gasteiger partial charge is 0.490 e. The van der Waals surface area contributed by atoms with E-state index >= 15 is 0 Å². The topological polar surface area (TPSA) is 89.9 Å². The molecule has 0 amide bonds. The first-order valence-corrected chi connectivity index (χ1v) is 12.1. The van der Waals surface area contributed by atoms with Gasteiger partial charge in [0.1, 0.15) is 0 Å². The van der Waals surface area contributed by atoms with Gasteiger partial charge in [0.2, 0.25) is 0 Å². The number of nitrogens with zero attached hydrogens (tertiary/aromatic N) is 1. The predicted octanol–water partition coefficient (Wildman–Crippen LogP) is 6.30. The first kappa shape index (κ1) is 33.7. The Labute approximate surface area is 225 Å². The lowest BCUT2D eigenvalue weighted by Crippen LogP contribution is -2.21. The third kappa shape index (κ3) is 13.9. The van der Waals surface area contributed by atoms with E-state index in [1.165, 1.54) is 32.5 Å². The SMILES string of the molecule is CN(C)CCCNCc1ccccc1Sc1ccc2ccccc2c1.O=C(O)C(F)(F)F.O=C(O)C(F)(F)F. The Morgan fingerprint density at radius 3 is 1.87 bits per heavy atom. The van der Waals surface area contributed by atoms with Crippen LogP contribution in [0.15, 0.2) is 76.5 Å². The molecule has 3 N–H and O–H groups in total. The maximum Gasteiger partial charge on any atom is 0.490 e. The van der Waals surface area contributed by atoms with Gasteiger partial charge in [-0.25, -0.2) is 9.59 Å². The Kier molecular flexibility index (Phi) is 13.8. The van der Waals surface area contributed by atoms with Gasteiger partial charge in [0.25, 0.3) is 0 Å². The van der Waals surface area contributed by atoms with Gasteiger partial charge in [0.05, 0.1) is 0 Å². The number of carboxylic acid groups (broad SMARTS) is 2. The van der Waals surface area contributed by atoms with E-state index in [1.807, 2.05) is 11.8 Å². The lowest BCUT2D eigenvalue weighted by Gasteiger charge is -2.12. The van der Waals surface area contributed by atoms with Crippen LogP contribution in [0.4, 0.5) is 26.3 Å². The smallest absolute Gasteiger partial charge is 0.475 e. The Hall–Kier alpha value is -3.29. The molecule has 0 saturated carbocycles. The molecule has 3 aromatic rings. The highest BCUT2D eigenvalue weighted by Crippen LogP contribution is 2.32. The summed E-state index contributed by atoms with van der Waals surface area (Å²) in [6.07, 6.45) is -8.99. The van der Waals surface area contributed by atoms with E-state index in [0.29, 0.717) is 0 Å². The van der Waals surface area contributed by atoms with Crippen LogP contribution in [0.25, 0.3) is 10.8 Å². The van der Waals surface area contributed by atoms with Crippen molar-refractivity contribution in [2.24, 2.45) is 0 Å². The number of alkyl halides is 6. The summed E-state index contributed by atoms with van der Waals surface area (Å²) in [6.45, 7) is 3.10. The van der Waals surface area contributed by atoms with Crippen LogP contribution < -0.4 is 5.32 Å². The van der Waals surface area contributed by atoms with Crippen molar-refractivity contribution in [3.63, 3.8) is 0 Å². The molecule has 0 bridgehead atoms. The number of fused-ring (bicyclic) bond motifs is 1. The molecule has 0 aliphatic rings. The van der Waals surface area contributed by atoms with E-state index in [0.717, 1.165) is 19.6 Å². The minimum atomic E-state index is -5.08. The molecule has 0 aliphatic heterocycles. The molecular weight excluding hydrogens is 550 g/mol. The van der Waals surface area contributed by atoms with Crippen molar-refractivity contribution in [1.29, 1.82) is 0 Å². The van der Waals surface area contributed by atoms with Crippen molar-refractivity contribution in [3.05, 3.63) is 72.3 Å². The standard InChI is InChI=1S/C22H26N2S.2C2HF3O2/c1-24(2)15-7-14-23-17-20-10-5-6-11-22(20)25-21-13-12-18-8-3-4-9-19(18)16-21;2*3-2(4,5)1(6)7/h3-6,8-13,16,23H,7,14-15,17H2,1-2H3;2*(H,6,7). The normalized spacial score (nSPS) is 11.3. The molecule has 0 fully saturated rings. The van der Waals surface area contributed by atoms with Gasteiger partial charge in [0.15, 0.2) is 0 Å². The van der Waals surface area contributed by atoms with Crippen LogP contribution in [0.3, 0.4) is 0 Å². The highest BCUT2D eigenvalue weighted by Gasteiger charge is 2.38. The number of halogens is 6. The Morgan fingerprint density at radius 1 is 0.821 bits per heavy atom. The Bertz CT molecular complexity index is 1180. The molecule has 39 heavy (non-hydrogen) atoms. The first-order valence-electron chi connectivity index (χ1n) is 11.3. The molecule has 3 aromatic carbocycles. The highest BCUT2D eigenvalue weighted by molar-refractivity contribution is 7.99. The van der Waals surface area contributed by atoms with E-state index in [2.05, 4.69) is 91.0 Å². The van der Waals surface area contributed by atoms with E-state index in [9.17, 15) is 26.3 Å². The number of carboxylic acids is 2. The maximum absolute atomic E-state index is 10.6. The summed E-state index contributed by atoms with van der Waals surface area (Å²) in [5.74, 6) is -5.51. The molecule has 0 unspecified atom stereocenters. The number of benzene rings is 3. The van der Waals surface area contributed by atoms with Crippen molar-refractivity contribution in [2.45, 2.75) is 35.1 Å². The molecule has 214 valence electrons. The van der Waals surface area contributed by atoms with Gasteiger partial charge >= 0.3 is 24.3 Å². The van der Waals surface area contributed by atoms with Gasteiger partial charge in [-0.15, -0.1) is 0 Å². The van der Waals surface area contributed by atoms with Gasteiger partial charge < -0.3 is 20.4 Å². The summed E-state index contributed by atoms with van der Waals surface area (Å²) in [5.41, 5.74) is 1.37. The average molecular weight is 579 g/mol. The summed E-state index contributed by atoms with van der Waals surface area (Å²) in [5, 5.41) is 20.4. The number of hydrogen-bond acceptors (Lipinski definition) is 5. The van der Waals surface area contributed by atoms with Crippen molar-refractivity contribution in [2.75, 3.05) is 27.2 Å². The lowest BCUT2D eigenvalue weighted by atomic mass is 10.1. The van der Waals surface area contributed by atoms with Gasteiger partial charge in [-0.05, 0) is 68.1 Å². The fourth-order valence-corrected chi connectivity index (χ4v) is 3.84. The quantitative estimate of drug-likeness (QED) is 0.214. The highest BCUT2D eigenvalue weighted by atomic mass is 32.2. The van der Waals surface area contributed by atoms with Crippen molar-refractivity contribution in [1.82, 2.24) is 10.2 Å². The molecule has 6 nitrogen and oxygen atoms in total. The number of rotatable bonds is 8. The van der Waals surface area contributed by atoms with Crippen LogP contribution in [0.5, 0.6) is 0 Å². The van der Waals surface area contributed by atoms with Crippen LogP contribution in [0.2, 0.25) is 0 Å². The third-order valence-electron chi connectivity index (χ3n) is 4.68. The van der Waals surface area contributed by atoms with Gasteiger partial charge in [-0.1, -0.05) is 60.3 Å². The van der Waals surface area contributed by atoms with Crippen LogP contribution in [-0.4, -0.2) is 66.6 Å². The molecular formula is C26H28F6N2O4S. The van der Waals surface area contributed by atoms with Crippen LogP contribution in [-0.2, 0) is 16.1 Å². The summed E-state index contributed by atoms with van der Waals surface area (Å²) >= 11 is 1.85. The zero-order valence-electron chi connectivity index (χ0n) is 21.0. The van der Waals surface area contributed by atoms with E-state index in [4.69, 9.17) is 19.8 Å². The molecule has 0 radical (unpaired) electrons.